The molecule has 0 spiro atoms. The smallest absolute Gasteiger partial charge is 0.327 e. The maximum Gasteiger partial charge on any atom is 0.327 e. The van der Waals surface area contributed by atoms with Gasteiger partial charge >= 0.3 is 12.0 Å². The summed E-state index contributed by atoms with van der Waals surface area (Å²) in [6, 6.07) is 12.2. The van der Waals surface area contributed by atoms with Crippen LogP contribution in [-0.4, -0.2) is 57.8 Å². The summed E-state index contributed by atoms with van der Waals surface area (Å²) in [6.45, 7) is -0.650. The Hall–Kier alpha value is -3.76. The highest BCUT2D eigenvalue weighted by Crippen LogP contribution is 2.40. The van der Waals surface area contributed by atoms with E-state index in [0.717, 1.165) is 25.3 Å². The molecule has 4 rings (SSSR count). The Morgan fingerprint density at radius 1 is 1.24 bits per heavy atom. The summed E-state index contributed by atoms with van der Waals surface area (Å²) in [5.74, 6) is -1.79. The van der Waals surface area contributed by atoms with E-state index in [-0.39, 0.29) is 6.54 Å². The monoisotopic (exact) mass is 498 g/mol. The number of hydrogen-bond acceptors (Lipinski definition) is 6. The number of fused-ring (bicyclic) bond motifs is 1. The molecule has 0 bridgehead atoms. The zero-order valence-corrected chi connectivity index (χ0v) is 19.5. The van der Waals surface area contributed by atoms with Crippen molar-refractivity contribution < 1.29 is 24.3 Å². The molecule has 3 aromatic rings. The van der Waals surface area contributed by atoms with Crippen LogP contribution in [0.15, 0.2) is 53.9 Å². The van der Waals surface area contributed by atoms with Crippen LogP contribution in [0.3, 0.4) is 0 Å². The summed E-state index contributed by atoms with van der Waals surface area (Å²) < 4.78 is 0. The Labute approximate surface area is 203 Å². The van der Waals surface area contributed by atoms with Gasteiger partial charge in [0.25, 0.3) is 5.91 Å². The lowest BCUT2D eigenvalue weighted by Crippen LogP contribution is -2.45. The number of amides is 4. The fourth-order valence-electron chi connectivity index (χ4n) is 3.79. The first-order chi connectivity index (χ1) is 16.3. The van der Waals surface area contributed by atoms with Gasteiger partial charge in [0, 0.05) is 28.6 Å². The zero-order valence-electron chi connectivity index (χ0n) is 17.9. The molecule has 0 radical (unpaired) electrons. The SMILES string of the molecule is CN(C(=O)N(C=O)Cc1csc(-c2ccccc2)n1)C1C(=O)N(CC(=O)O)c2ccc(Cl)cc21. The van der Waals surface area contributed by atoms with Crippen molar-refractivity contribution in [1.82, 2.24) is 14.8 Å². The summed E-state index contributed by atoms with van der Waals surface area (Å²) in [5, 5.41) is 12.1. The van der Waals surface area contributed by atoms with Gasteiger partial charge in [0.1, 0.15) is 17.6 Å². The molecule has 9 nitrogen and oxygen atoms in total. The van der Waals surface area contributed by atoms with Gasteiger partial charge in [0.15, 0.2) is 0 Å². The fraction of sp³-hybridized carbons (Fsp3) is 0.174. The Balaban J connectivity index is 1.57. The first-order valence-electron chi connectivity index (χ1n) is 10.1. The third kappa shape index (κ3) is 4.50. The standard InChI is InChI=1S/C23H19ClN4O5S/c1-26(20-17-9-15(24)7-8-18(17)28(22(20)32)11-19(30)31)23(33)27(13-29)10-16-12-34-21(25-16)14-5-3-2-4-6-14/h2-9,12-13,20H,10-11H2,1H3,(H,30,31). The van der Waals surface area contributed by atoms with Crippen molar-refractivity contribution in [2.45, 2.75) is 12.6 Å². The van der Waals surface area contributed by atoms with E-state index >= 15 is 0 Å². The third-order valence-electron chi connectivity index (χ3n) is 5.34. The van der Waals surface area contributed by atoms with Crippen LogP contribution < -0.4 is 4.90 Å². The van der Waals surface area contributed by atoms with Crippen molar-refractivity contribution in [3.05, 3.63) is 70.2 Å². The van der Waals surface area contributed by atoms with Gasteiger partial charge in [-0.25, -0.2) is 9.78 Å². The second-order valence-corrected chi connectivity index (χ2v) is 8.86. The maximum atomic E-state index is 13.2. The topological polar surface area (TPSA) is 111 Å². The number of thiazole rings is 1. The number of anilines is 1. The molecule has 1 unspecified atom stereocenters. The molecule has 2 aromatic carbocycles. The highest BCUT2D eigenvalue weighted by Gasteiger charge is 2.43. The fourth-order valence-corrected chi connectivity index (χ4v) is 4.79. The van der Waals surface area contributed by atoms with E-state index in [1.807, 2.05) is 30.3 Å². The van der Waals surface area contributed by atoms with Gasteiger partial charge in [-0.3, -0.25) is 24.2 Å². The van der Waals surface area contributed by atoms with Crippen LogP contribution in [-0.2, 0) is 20.9 Å². The molecule has 174 valence electrons. The van der Waals surface area contributed by atoms with Crippen molar-refractivity contribution in [3.8, 4) is 10.6 Å². The molecular formula is C23H19ClN4O5S. The van der Waals surface area contributed by atoms with E-state index in [1.54, 1.807) is 5.38 Å². The first kappa shape index (κ1) is 23.4. The molecule has 0 saturated heterocycles. The number of benzene rings is 2. The highest BCUT2D eigenvalue weighted by molar-refractivity contribution is 7.13. The minimum absolute atomic E-state index is 0.0852. The number of likely N-dealkylation sites (N-methyl/N-ethyl adjacent to an activating group) is 1. The van der Waals surface area contributed by atoms with Gasteiger partial charge in [0.2, 0.25) is 6.41 Å². The summed E-state index contributed by atoms with van der Waals surface area (Å²) >= 11 is 7.49. The van der Waals surface area contributed by atoms with Crippen LogP contribution in [0.4, 0.5) is 10.5 Å². The van der Waals surface area contributed by atoms with Gasteiger partial charge in [-0.2, -0.15) is 0 Å². The second-order valence-electron chi connectivity index (χ2n) is 7.56. The molecule has 0 aliphatic carbocycles. The summed E-state index contributed by atoms with van der Waals surface area (Å²) in [6.07, 6.45) is 0.383. The molecule has 1 N–H and O–H groups in total. The number of halogens is 1. The molecule has 0 fully saturated rings. The Morgan fingerprint density at radius 2 is 1.97 bits per heavy atom. The number of hydrogen-bond donors (Lipinski definition) is 1. The lowest BCUT2D eigenvalue weighted by molar-refractivity contribution is -0.137. The minimum Gasteiger partial charge on any atom is -0.480 e. The van der Waals surface area contributed by atoms with Crippen LogP contribution in [0, 0.1) is 0 Å². The Bertz CT molecular complexity index is 1270. The number of aromatic nitrogens is 1. The molecule has 11 heteroatoms. The number of urea groups is 1. The number of carbonyl (C=O) groups is 4. The average Bonchev–Trinajstić information content (AvgIpc) is 3.39. The van der Waals surface area contributed by atoms with Crippen molar-refractivity contribution in [3.63, 3.8) is 0 Å². The van der Waals surface area contributed by atoms with Crippen LogP contribution in [0.2, 0.25) is 5.02 Å². The van der Waals surface area contributed by atoms with Gasteiger partial charge in [-0.05, 0) is 18.2 Å². The van der Waals surface area contributed by atoms with Crippen LogP contribution >= 0.6 is 22.9 Å². The van der Waals surface area contributed by atoms with Gasteiger partial charge in [-0.1, -0.05) is 41.9 Å². The minimum atomic E-state index is -1.20. The number of carboxylic acid groups (broad SMARTS) is 1. The van der Waals surface area contributed by atoms with E-state index in [0.29, 0.717) is 28.4 Å². The molecule has 4 amide bonds. The van der Waals surface area contributed by atoms with E-state index in [9.17, 15) is 24.3 Å². The van der Waals surface area contributed by atoms with Crippen molar-refractivity contribution in [1.29, 1.82) is 0 Å². The molecule has 1 aromatic heterocycles. The zero-order chi connectivity index (χ0) is 24.4. The normalized spacial score (nSPS) is 14.6. The summed E-state index contributed by atoms with van der Waals surface area (Å²) in [5.41, 5.74) is 2.18. The maximum absolute atomic E-state index is 13.2. The van der Waals surface area contributed by atoms with Crippen LogP contribution in [0.5, 0.6) is 0 Å². The van der Waals surface area contributed by atoms with Gasteiger partial charge in [0.05, 0.1) is 17.9 Å². The predicted octanol–water partition coefficient (Wildman–Crippen LogP) is 3.65. The predicted molar refractivity (Wildman–Crippen MR) is 126 cm³/mol. The number of carboxylic acids is 1. The highest BCUT2D eigenvalue weighted by atomic mass is 35.5. The van der Waals surface area contributed by atoms with E-state index in [4.69, 9.17) is 11.6 Å². The van der Waals surface area contributed by atoms with Gasteiger partial charge in [-0.15, -0.1) is 11.3 Å². The second kappa shape index (κ2) is 9.62. The van der Waals surface area contributed by atoms with Crippen LogP contribution in [0.1, 0.15) is 17.3 Å². The Morgan fingerprint density at radius 3 is 2.65 bits per heavy atom. The largest absolute Gasteiger partial charge is 0.480 e. The molecule has 1 aliphatic heterocycles. The molecule has 1 aliphatic rings. The molecule has 2 heterocycles. The van der Waals surface area contributed by atoms with E-state index < -0.39 is 30.5 Å². The number of nitrogens with zero attached hydrogens (tertiary/aromatic N) is 4. The first-order valence-corrected chi connectivity index (χ1v) is 11.4. The average molecular weight is 499 g/mol. The summed E-state index contributed by atoms with van der Waals surface area (Å²) in [4.78, 5) is 57.0. The number of rotatable bonds is 7. The molecule has 1 atom stereocenters. The number of carbonyl (C=O) groups excluding carboxylic acids is 3. The lowest BCUT2D eigenvalue weighted by atomic mass is 10.1. The molecule has 0 saturated carbocycles. The van der Waals surface area contributed by atoms with E-state index in [2.05, 4.69) is 4.98 Å². The lowest BCUT2D eigenvalue weighted by Gasteiger charge is -2.28. The van der Waals surface area contributed by atoms with E-state index in [1.165, 1.54) is 36.6 Å². The van der Waals surface area contributed by atoms with Crippen LogP contribution in [0.25, 0.3) is 10.6 Å². The van der Waals surface area contributed by atoms with Gasteiger partial charge < -0.3 is 10.0 Å². The quantitative estimate of drug-likeness (QED) is 0.498. The third-order valence-corrected chi connectivity index (χ3v) is 6.51. The molecule has 34 heavy (non-hydrogen) atoms. The molecular weight excluding hydrogens is 480 g/mol. The van der Waals surface area contributed by atoms with Crippen molar-refractivity contribution in [2.24, 2.45) is 0 Å². The summed E-state index contributed by atoms with van der Waals surface area (Å²) in [7, 11) is 1.38. The number of imide groups is 1. The number of aliphatic carboxylic acids is 1. The van der Waals surface area contributed by atoms with Crippen molar-refractivity contribution in [2.75, 3.05) is 18.5 Å². The Kier molecular flexibility index (Phi) is 6.62. The van der Waals surface area contributed by atoms with Crippen molar-refractivity contribution >= 4 is 52.9 Å².